The maximum absolute atomic E-state index is 13.1. The molecular formula is C18H19ClF3N3O3S. The third-order valence-corrected chi connectivity index (χ3v) is 5.79. The SMILES string of the molecule is CC(C)(C)c1csc(C2CN(c3cc(Cl)c(C(F)(F)F)cc3[N+](=O)[O-])CCO2)n1. The van der Waals surface area contributed by atoms with Crippen LogP contribution in [-0.2, 0) is 16.3 Å². The molecule has 1 aliphatic heterocycles. The minimum Gasteiger partial charge on any atom is -0.367 e. The Kier molecular flexibility index (Phi) is 5.81. The number of halogens is 4. The number of ether oxygens (including phenoxy) is 1. The second-order valence-electron chi connectivity index (χ2n) is 7.70. The Bertz CT molecular complexity index is 927. The molecular weight excluding hydrogens is 431 g/mol. The number of rotatable bonds is 3. The van der Waals surface area contributed by atoms with E-state index in [9.17, 15) is 23.3 Å². The summed E-state index contributed by atoms with van der Waals surface area (Å²) in [7, 11) is 0. The highest BCUT2D eigenvalue weighted by Crippen LogP contribution is 2.42. The van der Waals surface area contributed by atoms with E-state index >= 15 is 0 Å². The van der Waals surface area contributed by atoms with Crippen LogP contribution in [0.3, 0.4) is 0 Å². The molecule has 1 aliphatic rings. The van der Waals surface area contributed by atoms with E-state index in [0.29, 0.717) is 6.07 Å². The lowest BCUT2D eigenvalue weighted by atomic mass is 9.93. The highest BCUT2D eigenvalue weighted by atomic mass is 35.5. The molecule has 6 nitrogen and oxygen atoms in total. The molecule has 1 atom stereocenters. The number of thiazole rings is 1. The van der Waals surface area contributed by atoms with Crippen molar-refractivity contribution < 1.29 is 22.8 Å². The van der Waals surface area contributed by atoms with Gasteiger partial charge in [-0.2, -0.15) is 13.2 Å². The zero-order chi connectivity index (χ0) is 21.6. The number of benzene rings is 1. The molecule has 0 amide bonds. The minimum atomic E-state index is -4.78. The first kappa shape index (κ1) is 21.8. The van der Waals surface area contributed by atoms with Gasteiger partial charge in [0.15, 0.2) is 0 Å². The Labute approximate surface area is 174 Å². The molecule has 1 aromatic heterocycles. The average Bonchev–Trinajstić information content (AvgIpc) is 3.11. The number of aromatic nitrogens is 1. The third-order valence-electron chi connectivity index (χ3n) is 4.54. The van der Waals surface area contributed by atoms with Crippen LogP contribution >= 0.6 is 22.9 Å². The molecule has 29 heavy (non-hydrogen) atoms. The van der Waals surface area contributed by atoms with E-state index in [1.54, 1.807) is 4.90 Å². The van der Waals surface area contributed by atoms with Crippen LogP contribution in [0.25, 0.3) is 0 Å². The molecule has 0 bridgehead atoms. The molecule has 0 saturated carbocycles. The van der Waals surface area contributed by atoms with E-state index in [1.807, 2.05) is 26.2 Å². The number of hydrogen-bond donors (Lipinski definition) is 0. The van der Waals surface area contributed by atoms with Gasteiger partial charge in [0.2, 0.25) is 0 Å². The Morgan fingerprint density at radius 1 is 1.34 bits per heavy atom. The maximum atomic E-state index is 13.1. The predicted octanol–water partition coefficient (Wildman–Crippen LogP) is 5.60. The van der Waals surface area contributed by atoms with Crippen LogP contribution in [0.1, 0.15) is 43.1 Å². The van der Waals surface area contributed by atoms with Crippen LogP contribution in [0.4, 0.5) is 24.5 Å². The Hall–Kier alpha value is -1.91. The Balaban J connectivity index is 1.93. The van der Waals surface area contributed by atoms with Crippen molar-refractivity contribution in [3.63, 3.8) is 0 Å². The number of morpholine rings is 1. The van der Waals surface area contributed by atoms with Crippen LogP contribution in [0.15, 0.2) is 17.5 Å². The largest absolute Gasteiger partial charge is 0.418 e. The van der Waals surface area contributed by atoms with Crippen LogP contribution in [0.2, 0.25) is 5.02 Å². The van der Waals surface area contributed by atoms with Gasteiger partial charge < -0.3 is 9.64 Å². The molecule has 2 aromatic rings. The zero-order valence-electron chi connectivity index (χ0n) is 15.9. The lowest BCUT2D eigenvalue weighted by molar-refractivity contribution is -0.384. The molecule has 3 rings (SSSR count). The monoisotopic (exact) mass is 449 g/mol. The van der Waals surface area contributed by atoms with Gasteiger partial charge in [0.25, 0.3) is 5.69 Å². The third kappa shape index (κ3) is 4.65. The van der Waals surface area contributed by atoms with E-state index in [2.05, 4.69) is 4.98 Å². The van der Waals surface area contributed by atoms with Crippen molar-refractivity contribution in [2.45, 2.75) is 38.5 Å². The number of hydrogen-bond acceptors (Lipinski definition) is 6. The van der Waals surface area contributed by atoms with Crippen LogP contribution in [0, 0.1) is 10.1 Å². The number of anilines is 1. The van der Waals surface area contributed by atoms with E-state index in [-0.39, 0.29) is 30.8 Å². The van der Waals surface area contributed by atoms with E-state index < -0.39 is 33.5 Å². The summed E-state index contributed by atoms with van der Waals surface area (Å²) < 4.78 is 45.1. The lowest BCUT2D eigenvalue weighted by Crippen LogP contribution is -2.38. The fourth-order valence-corrected chi connectivity index (χ4v) is 4.31. The summed E-state index contributed by atoms with van der Waals surface area (Å²) in [6, 6.07) is 1.50. The molecule has 11 heteroatoms. The van der Waals surface area contributed by atoms with Gasteiger partial charge >= 0.3 is 6.18 Å². The number of nitro groups is 1. The van der Waals surface area contributed by atoms with Gasteiger partial charge in [-0.1, -0.05) is 32.4 Å². The first-order chi connectivity index (χ1) is 13.4. The molecule has 1 unspecified atom stereocenters. The highest BCUT2D eigenvalue weighted by molar-refractivity contribution is 7.09. The van der Waals surface area contributed by atoms with Crippen LogP contribution in [0.5, 0.6) is 0 Å². The Morgan fingerprint density at radius 2 is 2.03 bits per heavy atom. The van der Waals surface area contributed by atoms with E-state index in [4.69, 9.17) is 16.3 Å². The summed E-state index contributed by atoms with van der Waals surface area (Å²) in [5.41, 5.74) is -1.07. The summed E-state index contributed by atoms with van der Waals surface area (Å²) in [5.74, 6) is 0. The summed E-state index contributed by atoms with van der Waals surface area (Å²) in [6.07, 6.45) is -5.22. The summed E-state index contributed by atoms with van der Waals surface area (Å²) >= 11 is 7.23. The zero-order valence-corrected chi connectivity index (χ0v) is 17.5. The molecule has 0 spiro atoms. The summed E-state index contributed by atoms with van der Waals surface area (Å²) in [4.78, 5) is 16.9. The standard InChI is InChI=1S/C18H19ClF3N3O3S/c1-17(2,3)15-9-29-16(23-15)14-8-24(4-5-28-14)12-7-11(19)10(18(20,21)22)6-13(12)25(26)27/h6-7,9,14H,4-5,8H2,1-3H3. The highest BCUT2D eigenvalue weighted by Gasteiger charge is 2.38. The molecule has 1 saturated heterocycles. The maximum Gasteiger partial charge on any atom is 0.418 e. The van der Waals surface area contributed by atoms with Gasteiger partial charge in [-0.05, 0) is 6.07 Å². The second kappa shape index (κ2) is 7.73. The first-order valence-electron chi connectivity index (χ1n) is 8.75. The van der Waals surface area contributed by atoms with Crippen molar-refractivity contribution in [2.24, 2.45) is 0 Å². The minimum absolute atomic E-state index is 0.0360. The van der Waals surface area contributed by atoms with E-state index in [1.165, 1.54) is 11.3 Å². The van der Waals surface area contributed by atoms with Gasteiger partial charge in [-0.25, -0.2) is 4.98 Å². The predicted molar refractivity (Wildman–Crippen MR) is 105 cm³/mol. The summed E-state index contributed by atoms with van der Waals surface area (Å²) in [5, 5.41) is 13.5. The van der Waals surface area contributed by atoms with Crippen molar-refractivity contribution in [3.8, 4) is 0 Å². The first-order valence-corrected chi connectivity index (χ1v) is 10.0. The molecule has 2 heterocycles. The van der Waals surface area contributed by atoms with Gasteiger partial charge in [0.1, 0.15) is 16.8 Å². The van der Waals surface area contributed by atoms with Crippen molar-refractivity contribution in [1.29, 1.82) is 0 Å². The fourth-order valence-electron chi connectivity index (χ4n) is 2.97. The molecule has 158 valence electrons. The van der Waals surface area contributed by atoms with Gasteiger partial charge in [-0.15, -0.1) is 11.3 Å². The molecule has 0 N–H and O–H groups in total. The van der Waals surface area contributed by atoms with Crippen molar-refractivity contribution in [3.05, 3.63) is 48.9 Å². The number of nitro benzene ring substituents is 1. The smallest absolute Gasteiger partial charge is 0.367 e. The van der Waals surface area contributed by atoms with E-state index in [0.717, 1.165) is 16.8 Å². The molecule has 0 aliphatic carbocycles. The molecule has 1 fully saturated rings. The number of nitrogens with zero attached hydrogens (tertiary/aromatic N) is 3. The quantitative estimate of drug-likeness (QED) is 0.450. The fraction of sp³-hybridized carbons (Fsp3) is 0.500. The topological polar surface area (TPSA) is 68.5 Å². The lowest BCUT2D eigenvalue weighted by Gasteiger charge is -2.33. The summed E-state index contributed by atoms with van der Waals surface area (Å²) in [6.45, 7) is 6.87. The van der Waals surface area contributed by atoms with Crippen molar-refractivity contribution >= 4 is 34.3 Å². The average molecular weight is 450 g/mol. The molecule has 1 aromatic carbocycles. The second-order valence-corrected chi connectivity index (χ2v) is 9.00. The van der Waals surface area contributed by atoms with Crippen LogP contribution < -0.4 is 4.90 Å². The van der Waals surface area contributed by atoms with Gasteiger partial charge in [0.05, 0.1) is 34.4 Å². The van der Waals surface area contributed by atoms with Crippen LogP contribution in [-0.4, -0.2) is 29.6 Å². The van der Waals surface area contributed by atoms with Crippen molar-refractivity contribution in [1.82, 2.24) is 4.98 Å². The number of alkyl halides is 3. The Morgan fingerprint density at radius 3 is 2.59 bits per heavy atom. The van der Waals surface area contributed by atoms with Gasteiger partial charge in [-0.3, -0.25) is 10.1 Å². The van der Waals surface area contributed by atoms with Gasteiger partial charge in [0, 0.05) is 23.4 Å². The van der Waals surface area contributed by atoms with Crippen molar-refractivity contribution in [2.75, 3.05) is 24.6 Å². The molecule has 0 radical (unpaired) electrons. The normalized spacial score (nSPS) is 18.2.